The smallest absolute Gasteiger partial charge is 0.356 e. The second-order valence-corrected chi connectivity index (χ2v) is 6.66. The second kappa shape index (κ2) is 7.07. The van der Waals surface area contributed by atoms with Gasteiger partial charge in [-0.25, -0.2) is 4.98 Å². The van der Waals surface area contributed by atoms with Gasteiger partial charge in [-0.2, -0.15) is 18.2 Å². The van der Waals surface area contributed by atoms with E-state index in [1.165, 1.54) is 12.5 Å². The van der Waals surface area contributed by atoms with Crippen LogP contribution in [0.5, 0.6) is 0 Å². The summed E-state index contributed by atoms with van der Waals surface area (Å²) >= 11 is 6.01. The lowest BCUT2D eigenvalue weighted by Crippen LogP contribution is -2.34. The van der Waals surface area contributed by atoms with E-state index in [1.807, 2.05) is 0 Å². The van der Waals surface area contributed by atoms with E-state index in [0.717, 1.165) is 37.5 Å². The van der Waals surface area contributed by atoms with Crippen LogP contribution in [0.3, 0.4) is 0 Å². The van der Waals surface area contributed by atoms with Crippen LogP contribution >= 0.6 is 11.6 Å². The summed E-state index contributed by atoms with van der Waals surface area (Å²) in [7, 11) is 0. The third-order valence-corrected chi connectivity index (χ3v) is 4.49. The molecule has 0 spiro atoms. The molecule has 1 aromatic heterocycles. The molecule has 0 radical (unpaired) electrons. The van der Waals surface area contributed by atoms with Crippen molar-refractivity contribution in [1.29, 1.82) is 0 Å². The van der Waals surface area contributed by atoms with E-state index in [0.29, 0.717) is 5.92 Å². The molecule has 1 aliphatic heterocycles. The number of halogens is 4. The van der Waals surface area contributed by atoms with Crippen molar-refractivity contribution >= 4 is 29.1 Å². The van der Waals surface area contributed by atoms with E-state index in [4.69, 9.17) is 11.6 Å². The molecule has 1 aromatic carbocycles. The number of nitrogens with zero attached hydrogens (tertiary/aromatic N) is 3. The quantitative estimate of drug-likeness (QED) is 0.813. The number of benzene rings is 1. The zero-order valence-electron chi connectivity index (χ0n) is 13.6. The summed E-state index contributed by atoms with van der Waals surface area (Å²) < 4.78 is 38.6. The van der Waals surface area contributed by atoms with Crippen molar-refractivity contribution in [2.24, 2.45) is 5.92 Å². The highest BCUT2D eigenvalue weighted by molar-refractivity contribution is 6.33. The zero-order chi connectivity index (χ0) is 18.0. The first-order valence-corrected chi connectivity index (χ1v) is 8.42. The van der Waals surface area contributed by atoms with Gasteiger partial charge in [0.25, 0.3) is 0 Å². The Kier molecular flexibility index (Phi) is 5.03. The van der Waals surface area contributed by atoms with Gasteiger partial charge in [-0.1, -0.05) is 18.5 Å². The number of aromatic nitrogens is 2. The first-order chi connectivity index (χ1) is 11.8. The third kappa shape index (κ3) is 4.34. The number of anilines is 3. The summed E-state index contributed by atoms with van der Waals surface area (Å²) in [5.41, 5.74) is -0.652. The maximum Gasteiger partial charge on any atom is 0.416 e. The molecule has 1 saturated heterocycles. The monoisotopic (exact) mass is 370 g/mol. The lowest BCUT2D eigenvalue weighted by molar-refractivity contribution is -0.137. The minimum absolute atomic E-state index is 0.126. The first-order valence-electron chi connectivity index (χ1n) is 8.04. The summed E-state index contributed by atoms with van der Waals surface area (Å²) in [6, 6.07) is 4.92. The van der Waals surface area contributed by atoms with Gasteiger partial charge in [0.05, 0.1) is 16.3 Å². The normalized spacial score (nSPS) is 18.3. The van der Waals surface area contributed by atoms with Crippen LogP contribution in [0.2, 0.25) is 5.02 Å². The van der Waals surface area contributed by atoms with E-state index in [9.17, 15) is 13.2 Å². The van der Waals surface area contributed by atoms with E-state index in [2.05, 4.69) is 27.1 Å². The Morgan fingerprint density at radius 2 is 2.08 bits per heavy atom. The Morgan fingerprint density at radius 1 is 1.28 bits per heavy atom. The van der Waals surface area contributed by atoms with Gasteiger partial charge in [-0.3, -0.25) is 0 Å². The number of nitrogens with one attached hydrogen (secondary N) is 1. The highest BCUT2D eigenvalue weighted by Crippen LogP contribution is 2.34. The van der Waals surface area contributed by atoms with Crippen LogP contribution in [0, 0.1) is 5.92 Å². The number of alkyl halides is 3. The first kappa shape index (κ1) is 17.8. The Bertz CT molecular complexity index is 751. The number of hydrogen-bond acceptors (Lipinski definition) is 4. The fraction of sp³-hybridized carbons (Fsp3) is 0.412. The van der Waals surface area contributed by atoms with Crippen LogP contribution in [0.4, 0.5) is 30.6 Å². The SMILES string of the molecule is CC1CCCN(c2ccnc(Nc3cc(C(F)(F)F)ccc3Cl)n2)C1. The van der Waals surface area contributed by atoms with Crippen molar-refractivity contribution in [3.63, 3.8) is 0 Å². The van der Waals surface area contributed by atoms with Crippen molar-refractivity contribution in [2.75, 3.05) is 23.3 Å². The van der Waals surface area contributed by atoms with Crippen LogP contribution < -0.4 is 10.2 Å². The number of hydrogen-bond donors (Lipinski definition) is 1. The topological polar surface area (TPSA) is 41.1 Å². The van der Waals surface area contributed by atoms with Gasteiger partial charge in [0.15, 0.2) is 0 Å². The van der Waals surface area contributed by atoms with Gasteiger partial charge in [0.1, 0.15) is 5.82 Å². The van der Waals surface area contributed by atoms with Gasteiger partial charge in [-0.05, 0) is 43.0 Å². The van der Waals surface area contributed by atoms with Crippen molar-refractivity contribution in [3.8, 4) is 0 Å². The van der Waals surface area contributed by atoms with Gasteiger partial charge >= 0.3 is 6.18 Å². The minimum Gasteiger partial charge on any atom is -0.356 e. The highest BCUT2D eigenvalue weighted by Gasteiger charge is 2.31. The maximum absolute atomic E-state index is 12.9. The molecule has 0 amide bonds. The minimum atomic E-state index is -4.44. The maximum atomic E-state index is 12.9. The molecule has 0 aliphatic carbocycles. The molecular weight excluding hydrogens is 353 g/mol. The molecule has 8 heteroatoms. The lowest BCUT2D eigenvalue weighted by Gasteiger charge is -2.31. The average molecular weight is 371 g/mol. The Hall–Kier alpha value is -2.02. The van der Waals surface area contributed by atoms with E-state index in [-0.39, 0.29) is 16.7 Å². The zero-order valence-corrected chi connectivity index (χ0v) is 14.4. The fourth-order valence-corrected chi connectivity index (χ4v) is 3.07. The number of rotatable bonds is 3. The molecule has 134 valence electrons. The van der Waals surface area contributed by atoms with Crippen molar-refractivity contribution in [1.82, 2.24) is 9.97 Å². The Balaban J connectivity index is 1.83. The molecule has 1 N–H and O–H groups in total. The van der Waals surface area contributed by atoms with Crippen molar-refractivity contribution in [2.45, 2.75) is 25.9 Å². The summed E-state index contributed by atoms with van der Waals surface area (Å²) in [5, 5.41) is 2.97. The van der Waals surface area contributed by atoms with Crippen LogP contribution in [-0.4, -0.2) is 23.1 Å². The van der Waals surface area contributed by atoms with E-state index < -0.39 is 11.7 Å². The molecule has 1 atom stereocenters. The standard InChI is InChI=1S/C17H18ClF3N4/c1-11-3-2-8-25(10-11)15-6-7-22-16(24-15)23-14-9-12(17(19,20)21)4-5-13(14)18/h4-7,9,11H,2-3,8,10H2,1H3,(H,22,23,24). The predicted molar refractivity (Wildman–Crippen MR) is 92.4 cm³/mol. The molecule has 1 fully saturated rings. The Morgan fingerprint density at radius 3 is 2.80 bits per heavy atom. The van der Waals surface area contributed by atoms with Crippen LogP contribution in [-0.2, 0) is 6.18 Å². The molecule has 3 rings (SSSR count). The summed E-state index contributed by atoms with van der Waals surface area (Å²) in [4.78, 5) is 10.7. The van der Waals surface area contributed by atoms with Gasteiger partial charge in [-0.15, -0.1) is 0 Å². The summed E-state index contributed by atoms with van der Waals surface area (Å²) in [6.45, 7) is 4.00. The molecule has 1 aliphatic rings. The highest BCUT2D eigenvalue weighted by atomic mass is 35.5. The summed E-state index contributed by atoms with van der Waals surface area (Å²) in [6.07, 6.45) is -0.570. The lowest BCUT2D eigenvalue weighted by atomic mass is 10.0. The fourth-order valence-electron chi connectivity index (χ4n) is 2.90. The second-order valence-electron chi connectivity index (χ2n) is 6.25. The number of piperidine rings is 1. The van der Waals surface area contributed by atoms with Gasteiger partial charge < -0.3 is 10.2 Å². The molecule has 2 heterocycles. The summed E-state index contributed by atoms with van der Waals surface area (Å²) in [5.74, 6) is 1.56. The molecule has 2 aromatic rings. The van der Waals surface area contributed by atoms with Crippen LogP contribution in [0.1, 0.15) is 25.3 Å². The van der Waals surface area contributed by atoms with Crippen molar-refractivity contribution in [3.05, 3.63) is 41.0 Å². The molecule has 0 bridgehead atoms. The van der Waals surface area contributed by atoms with Crippen LogP contribution in [0.15, 0.2) is 30.5 Å². The molecule has 25 heavy (non-hydrogen) atoms. The Labute approximate surface area is 149 Å². The van der Waals surface area contributed by atoms with Gasteiger partial charge in [0, 0.05) is 19.3 Å². The molecule has 4 nitrogen and oxygen atoms in total. The van der Waals surface area contributed by atoms with E-state index >= 15 is 0 Å². The van der Waals surface area contributed by atoms with Gasteiger partial charge in [0.2, 0.25) is 5.95 Å². The largest absolute Gasteiger partial charge is 0.416 e. The van der Waals surface area contributed by atoms with Crippen LogP contribution in [0.25, 0.3) is 0 Å². The molecule has 0 saturated carbocycles. The molecular formula is C17H18ClF3N4. The van der Waals surface area contributed by atoms with E-state index in [1.54, 1.807) is 12.3 Å². The predicted octanol–water partition coefficient (Wildman–Crippen LogP) is 5.13. The molecule has 1 unspecified atom stereocenters. The van der Waals surface area contributed by atoms with Crippen molar-refractivity contribution < 1.29 is 13.2 Å². The average Bonchev–Trinajstić information content (AvgIpc) is 2.56. The third-order valence-electron chi connectivity index (χ3n) is 4.16.